The second-order valence-electron chi connectivity index (χ2n) is 6.40. The molecule has 2 N–H and O–H groups in total. The van der Waals surface area contributed by atoms with Crippen LogP contribution >= 0.6 is 11.8 Å². The van der Waals surface area contributed by atoms with Gasteiger partial charge < -0.3 is 4.74 Å². The zero-order valence-electron chi connectivity index (χ0n) is 15.7. The highest BCUT2D eigenvalue weighted by Crippen LogP contribution is 2.49. The third-order valence-corrected chi connectivity index (χ3v) is 6.54. The fourth-order valence-electron chi connectivity index (χ4n) is 2.93. The highest BCUT2D eigenvalue weighted by atomic mass is 32.2. The summed E-state index contributed by atoms with van der Waals surface area (Å²) in [5.41, 5.74) is -0.293. The molecule has 1 aliphatic rings. The Kier molecular flexibility index (Phi) is 6.29. The Morgan fingerprint density at radius 3 is 2.73 bits per heavy atom. The topological polar surface area (TPSA) is 104 Å². The molecule has 2 heterocycles. The molecular weight excluding hydrogens is 443 g/mol. The summed E-state index contributed by atoms with van der Waals surface area (Å²) < 4.78 is 68.4. The van der Waals surface area contributed by atoms with Crippen LogP contribution in [0.5, 0.6) is 0 Å². The van der Waals surface area contributed by atoms with Gasteiger partial charge in [-0.15, -0.1) is 11.8 Å². The van der Waals surface area contributed by atoms with Crippen molar-refractivity contribution in [3.63, 3.8) is 0 Å². The van der Waals surface area contributed by atoms with Crippen LogP contribution in [0.3, 0.4) is 0 Å². The van der Waals surface area contributed by atoms with Crippen molar-refractivity contribution in [3.05, 3.63) is 53.4 Å². The number of alkyl halides is 3. The number of primary sulfonamides is 1. The summed E-state index contributed by atoms with van der Waals surface area (Å²) in [5, 5.41) is 8.48. The fourth-order valence-corrected chi connectivity index (χ4v) is 4.76. The number of nitrogens with two attached hydrogens (primary N) is 1. The molecule has 1 aromatic heterocycles. The molecule has 0 bridgehead atoms. The van der Waals surface area contributed by atoms with Crippen molar-refractivity contribution >= 4 is 32.7 Å². The summed E-state index contributed by atoms with van der Waals surface area (Å²) in [4.78, 5) is 12.3. The lowest BCUT2D eigenvalue weighted by atomic mass is 10.1. The number of hydrogen-bond donors (Lipinski definition) is 1. The zero-order valence-corrected chi connectivity index (χ0v) is 17.4. The number of thioether (sulfide) groups is 1. The van der Waals surface area contributed by atoms with Crippen LogP contribution in [0.1, 0.15) is 35.5 Å². The summed E-state index contributed by atoms with van der Waals surface area (Å²) in [6.45, 7) is 1.24. The van der Waals surface area contributed by atoms with Crippen LogP contribution < -0.4 is 5.14 Å². The quantitative estimate of drug-likeness (QED) is 0.662. The van der Waals surface area contributed by atoms with Gasteiger partial charge in [-0.2, -0.15) is 18.3 Å². The standard InChI is InChI=1S/C18H18F3N3O4S2/c1-2-28-17(25)10-24-13(9-16(23-24)18(19,20)21)15-7-6-14(29-15)11-4-3-5-12(8-11)30(22,26)27/h3-5,7-9,14H,2,6,10H2,1H3,(H2,22,26,27). The normalized spacial score (nSPS) is 17.1. The second kappa shape index (κ2) is 8.44. The maximum absolute atomic E-state index is 13.2. The molecule has 1 aliphatic heterocycles. The first-order chi connectivity index (χ1) is 14.0. The molecule has 0 fully saturated rings. The summed E-state index contributed by atoms with van der Waals surface area (Å²) in [5.74, 6) is -0.698. The van der Waals surface area contributed by atoms with Crippen LogP contribution in [0.15, 0.2) is 41.3 Å². The van der Waals surface area contributed by atoms with Crippen LogP contribution in [0.4, 0.5) is 13.2 Å². The first-order valence-corrected chi connectivity index (χ1v) is 11.2. The van der Waals surface area contributed by atoms with Crippen LogP contribution in [0.2, 0.25) is 0 Å². The molecular formula is C18H18F3N3O4S2. The van der Waals surface area contributed by atoms with E-state index >= 15 is 0 Å². The van der Waals surface area contributed by atoms with Crippen LogP contribution in [0, 0.1) is 0 Å². The van der Waals surface area contributed by atoms with Crippen LogP contribution in [-0.2, 0) is 32.3 Å². The fraction of sp³-hybridized carbons (Fsp3) is 0.333. The highest BCUT2D eigenvalue weighted by molar-refractivity contribution is 8.08. The lowest BCUT2D eigenvalue weighted by Crippen LogP contribution is -2.17. The van der Waals surface area contributed by atoms with Gasteiger partial charge in [-0.25, -0.2) is 13.6 Å². The number of hydrogen-bond acceptors (Lipinski definition) is 6. The smallest absolute Gasteiger partial charge is 0.435 e. The minimum atomic E-state index is -4.66. The number of benzene rings is 1. The van der Waals surface area contributed by atoms with E-state index in [0.29, 0.717) is 16.9 Å². The van der Waals surface area contributed by atoms with Crippen molar-refractivity contribution in [1.29, 1.82) is 0 Å². The Morgan fingerprint density at radius 2 is 2.10 bits per heavy atom. The van der Waals surface area contributed by atoms with Gasteiger partial charge in [0, 0.05) is 10.2 Å². The third kappa shape index (κ3) is 5.05. The molecule has 2 aromatic rings. The summed E-state index contributed by atoms with van der Waals surface area (Å²) in [6, 6.07) is 6.99. The Bertz CT molecular complexity index is 1090. The molecule has 1 unspecified atom stereocenters. The molecule has 0 aliphatic carbocycles. The number of aromatic nitrogens is 2. The van der Waals surface area contributed by atoms with Gasteiger partial charge in [0.25, 0.3) is 0 Å². The van der Waals surface area contributed by atoms with E-state index in [0.717, 1.165) is 10.7 Å². The van der Waals surface area contributed by atoms with Crippen LogP contribution in [-0.4, -0.2) is 30.8 Å². The Hall–Kier alpha value is -2.31. The number of carbonyl (C=O) groups excluding carboxylic acids is 1. The van der Waals surface area contributed by atoms with Crippen molar-refractivity contribution in [1.82, 2.24) is 9.78 Å². The van der Waals surface area contributed by atoms with E-state index in [1.165, 1.54) is 23.9 Å². The van der Waals surface area contributed by atoms with Crippen molar-refractivity contribution in [2.24, 2.45) is 5.14 Å². The number of esters is 1. The van der Waals surface area contributed by atoms with E-state index in [1.807, 2.05) is 0 Å². The molecule has 0 spiro atoms. The van der Waals surface area contributed by atoms with E-state index < -0.39 is 34.4 Å². The number of sulfonamides is 1. The lowest BCUT2D eigenvalue weighted by molar-refractivity contribution is -0.146. The Balaban J connectivity index is 1.88. The van der Waals surface area contributed by atoms with Crippen LogP contribution in [0.25, 0.3) is 4.91 Å². The van der Waals surface area contributed by atoms with Crippen molar-refractivity contribution in [3.8, 4) is 0 Å². The van der Waals surface area contributed by atoms with E-state index in [1.54, 1.807) is 25.1 Å². The highest BCUT2D eigenvalue weighted by Gasteiger charge is 2.36. The van der Waals surface area contributed by atoms with E-state index in [4.69, 9.17) is 9.88 Å². The molecule has 0 radical (unpaired) electrons. The van der Waals surface area contributed by atoms with Crippen molar-refractivity contribution < 1.29 is 31.1 Å². The predicted molar refractivity (Wildman–Crippen MR) is 105 cm³/mol. The first kappa shape index (κ1) is 22.4. The number of rotatable bonds is 6. The number of halogens is 3. The van der Waals surface area contributed by atoms with Crippen molar-refractivity contribution in [2.45, 2.75) is 36.2 Å². The van der Waals surface area contributed by atoms with Gasteiger partial charge in [0.1, 0.15) is 6.54 Å². The van der Waals surface area contributed by atoms with Gasteiger partial charge in [0.05, 0.1) is 17.2 Å². The minimum Gasteiger partial charge on any atom is -0.465 e. The number of allylic oxidation sites excluding steroid dienone is 1. The summed E-state index contributed by atoms with van der Waals surface area (Å²) in [6.07, 6.45) is -2.47. The number of ether oxygens (including phenoxy) is 1. The first-order valence-electron chi connectivity index (χ1n) is 8.79. The van der Waals surface area contributed by atoms with Gasteiger partial charge in [-0.1, -0.05) is 18.2 Å². The summed E-state index contributed by atoms with van der Waals surface area (Å²) >= 11 is 1.26. The maximum atomic E-state index is 13.2. The molecule has 0 saturated carbocycles. The van der Waals surface area contributed by atoms with E-state index in [9.17, 15) is 26.4 Å². The lowest BCUT2D eigenvalue weighted by Gasteiger charge is -2.12. The molecule has 12 heteroatoms. The van der Waals surface area contributed by atoms with Gasteiger partial charge in [-0.3, -0.25) is 9.48 Å². The maximum Gasteiger partial charge on any atom is 0.435 e. The Morgan fingerprint density at radius 1 is 1.37 bits per heavy atom. The number of carbonyl (C=O) groups is 1. The zero-order chi connectivity index (χ0) is 22.1. The van der Waals surface area contributed by atoms with E-state index in [-0.39, 0.29) is 22.4 Å². The molecule has 7 nitrogen and oxygen atoms in total. The molecule has 1 aromatic carbocycles. The predicted octanol–water partition coefficient (Wildman–Crippen LogP) is 3.33. The van der Waals surface area contributed by atoms with Gasteiger partial charge in [0.15, 0.2) is 5.69 Å². The van der Waals surface area contributed by atoms with Gasteiger partial charge in [-0.05, 0) is 37.1 Å². The SMILES string of the molecule is CCOC(=O)Cn1nc(C(F)(F)F)cc1C1=CCC(c2cccc(S(N)(=O)=O)c2)S1. The average Bonchev–Trinajstić information content (AvgIpc) is 3.28. The van der Waals surface area contributed by atoms with Gasteiger partial charge in [0.2, 0.25) is 10.0 Å². The van der Waals surface area contributed by atoms with Crippen molar-refractivity contribution in [2.75, 3.05) is 6.61 Å². The second-order valence-corrected chi connectivity index (χ2v) is 9.21. The molecule has 3 rings (SSSR count). The van der Waals surface area contributed by atoms with Gasteiger partial charge >= 0.3 is 12.1 Å². The molecule has 0 saturated heterocycles. The van der Waals surface area contributed by atoms with E-state index in [2.05, 4.69) is 5.10 Å². The Labute approximate surface area is 175 Å². The number of nitrogens with zero attached hydrogens (tertiary/aromatic N) is 2. The molecule has 162 valence electrons. The molecule has 1 atom stereocenters. The third-order valence-electron chi connectivity index (χ3n) is 4.25. The minimum absolute atomic E-state index is 0.0410. The molecule has 30 heavy (non-hydrogen) atoms. The average molecular weight is 461 g/mol. The summed E-state index contributed by atoms with van der Waals surface area (Å²) in [7, 11) is -3.88. The molecule has 0 amide bonds. The largest absolute Gasteiger partial charge is 0.465 e. The monoisotopic (exact) mass is 461 g/mol.